The number of hydrogen-bond donors (Lipinski definition) is 1. The molecular formula is C13H15FN4O2. The molecule has 1 aromatic carbocycles. The van der Waals surface area contributed by atoms with Gasteiger partial charge in [-0.05, 0) is 19.1 Å². The Morgan fingerprint density at radius 2 is 2.10 bits per heavy atom. The molecule has 1 heterocycles. The number of anilines is 1. The fourth-order valence-corrected chi connectivity index (χ4v) is 1.81. The van der Waals surface area contributed by atoms with Crippen molar-refractivity contribution in [3.8, 4) is 11.3 Å². The molecule has 0 saturated carbocycles. The highest BCUT2D eigenvalue weighted by Crippen LogP contribution is 2.24. The smallest absolute Gasteiger partial charge is 0.361 e. The van der Waals surface area contributed by atoms with E-state index in [0.29, 0.717) is 16.9 Å². The molecule has 6 nitrogen and oxygen atoms in total. The van der Waals surface area contributed by atoms with Gasteiger partial charge in [0.25, 0.3) is 0 Å². The average Bonchev–Trinajstić information content (AvgIpc) is 2.84. The molecule has 2 aromatic rings. The molecule has 106 valence electrons. The third-order valence-electron chi connectivity index (χ3n) is 2.68. The number of ether oxygens (including phenoxy) is 1. The summed E-state index contributed by atoms with van der Waals surface area (Å²) < 4.78 is 18.8. The number of nitrogens with zero attached hydrogens (tertiary/aromatic N) is 3. The molecule has 1 aromatic heterocycles. The van der Waals surface area contributed by atoms with Crippen LogP contribution in [0, 0.1) is 0 Å². The van der Waals surface area contributed by atoms with Gasteiger partial charge in [-0.15, -0.1) is 5.10 Å². The maximum absolute atomic E-state index is 12.6. The monoisotopic (exact) mass is 278 g/mol. The van der Waals surface area contributed by atoms with Crippen molar-refractivity contribution in [3.05, 3.63) is 30.0 Å². The number of carbonyl (C=O) groups excluding carboxylic acids is 1. The van der Waals surface area contributed by atoms with Crippen LogP contribution in [0.2, 0.25) is 0 Å². The number of benzene rings is 1. The summed E-state index contributed by atoms with van der Waals surface area (Å²) in [6.07, 6.45) is 0. The third kappa shape index (κ3) is 2.76. The number of nitrogen functional groups attached to an aromatic ring is 1. The maximum atomic E-state index is 12.6. The minimum Gasteiger partial charge on any atom is -0.461 e. The number of esters is 1. The van der Waals surface area contributed by atoms with Gasteiger partial charge in [-0.25, -0.2) is 13.9 Å². The van der Waals surface area contributed by atoms with Crippen LogP contribution < -0.4 is 5.73 Å². The third-order valence-corrected chi connectivity index (χ3v) is 2.68. The van der Waals surface area contributed by atoms with Crippen LogP contribution in [0.5, 0.6) is 0 Å². The highest BCUT2D eigenvalue weighted by molar-refractivity contribution is 5.94. The van der Waals surface area contributed by atoms with E-state index in [0.717, 1.165) is 0 Å². The molecular weight excluding hydrogens is 263 g/mol. The van der Waals surface area contributed by atoms with Crippen molar-refractivity contribution in [2.45, 2.75) is 13.5 Å². The van der Waals surface area contributed by atoms with E-state index in [1.165, 1.54) is 4.68 Å². The van der Waals surface area contributed by atoms with E-state index in [-0.39, 0.29) is 18.8 Å². The molecule has 0 aliphatic carbocycles. The highest BCUT2D eigenvalue weighted by atomic mass is 19.1. The number of rotatable bonds is 5. The van der Waals surface area contributed by atoms with Crippen molar-refractivity contribution in [2.24, 2.45) is 0 Å². The lowest BCUT2D eigenvalue weighted by Gasteiger charge is -2.07. The number of nitrogens with two attached hydrogens (primary N) is 1. The molecule has 0 atom stereocenters. The summed E-state index contributed by atoms with van der Waals surface area (Å²) in [5, 5.41) is 7.60. The zero-order valence-corrected chi connectivity index (χ0v) is 11.0. The predicted octanol–water partition coefficient (Wildman–Crippen LogP) is 1.67. The van der Waals surface area contributed by atoms with Gasteiger partial charge >= 0.3 is 5.97 Å². The van der Waals surface area contributed by atoms with Gasteiger partial charge in [0.15, 0.2) is 5.69 Å². The van der Waals surface area contributed by atoms with E-state index in [1.807, 2.05) is 0 Å². The van der Waals surface area contributed by atoms with Crippen molar-refractivity contribution in [1.82, 2.24) is 15.0 Å². The van der Waals surface area contributed by atoms with Crippen LogP contribution in [0.4, 0.5) is 10.1 Å². The van der Waals surface area contributed by atoms with Crippen molar-refractivity contribution in [1.29, 1.82) is 0 Å². The Hall–Kier alpha value is -2.44. The number of alkyl halides is 1. The van der Waals surface area contributed by atoms with Gasteiger partial charge in [-0.3, -0.25) is 0 Å². The predicted molar refractivity (Wildman–Crippen MR) is 71.8 cm³/mol. The zero-order valence-electron chi connectivity index (χ0n) is 11.0. The van der Waals surface area contributed by atoms with Gasteiger partial charge in [-0.1, -0.05) is 17.3 Å². The normalized spacial score (nSPS) is 10.5. The summed E-state index contributed by atoms with van der Waals surface area (Å²) in [4.78, 5) is 11.9. The molecule has 0 aliphatic heterocycles. The molecule has 7 heteroatoms. The van der Waals surface area contributed by atoms with Crippen LogP contribution in [0.15, 0.2) is 24.3 Å². The van der Waals surface area contributed by atoms with Gasteiger partial charge in [0.2, 0.25) is 0 Å². The van der Waals surface area contributed by atoms with Crippen LogP contribution in [0.25, 0.3) is 11.3 Å². The molecule has 0 spiro atoms. The van der Waals surface area contributed by atoms with Crippen molar-refractivity contribution in [2.75, 3.05) is 19.0 Å². The molecule has 2 rings (SSSR count). The van der Waals surface area contributed by atoms with E-state index in [2.05, 4.69) is 10.3 Å². The van der Waals surface area contributed by atoms with Gasteiger partial charge < -0.3 is 10.5 Å². The molecule has 20 heavy (non-hydrogen) atoms. The van der Waals surface area contributed by atoms with Crippen LogP contribution >= 0.6 is 0 Å². The Labute approximate surface area is 115 Å². The van der Waals surface area contributed by atoms with E-state index in [1.54, 1.807) is 31.2 Å². The highest BCUT2D eigenvalue weighted by Gasteiger charge is 2.22. The molecule has 2 N–H and O–H groups in total. The van der Waals surface area contributed by atoms with Crippen LogP contribution in [0.1, 0.15) is 17.4 Å². The van der Waals surface area contributed by atoms with Crippen LogP contribution in [-0.4, -0.2) is 34.2 Å². The molecule has 0 aliphatic rings. The Bertz CT molecular complexity index is 595. The summed E-state index contributed by atoms with van der Waals surface area (Å²) in [6.45, 7) is 1.35. The van der Waals surface area contributed by atoms with Gasteiger partial charge in [-0.2, -0.15) is 0 Å². The summed E-state index contributed by atoms with van der Waals surface area (Å²) in [5.74, 6) is -0.579. The fraction of sp³-hybridized carbons (Fsp3) is 0.308. The van der Waals surface area contributed by atoms with E-state index in [9.17, 15) is 9.18 Å². The van der Waals surface area contributed by atoms with E-state index < -0.39 is 12.6 Å². The number of hydrogen-bond acceptors (Lipinski definition) is 5. The maximum Gasteiger partial charge on any atom is 0.361 e. The average molecular weight is 278 g/mol. The van der Waals surface area contributed by atoms with Crippen molar-refractivity contribution in [3.63, 3.8) is 0 Å². The molecule has 0 saturated heterocycles. The first kappa shape index (κ1) is 14.0. The van der Waals surface area contributed by atoms with Crippen LogP contribution in [-0.2, 0) is 11.3 Å². The number of carbonyl (C=O) groups is 1. The zero-order chi connectivity index (χ0) is 14.5. The second-order valence-corrected chi connectivity index (χ2v) is 4.04. The van der Waals surface area contributed by atoms with Gasteiger partial charge in [0, 0.05) is 11.3 Å². The number of aromatic nitrogens is 3. The Morgan fingerprint density at radius 1 is 1.40 bits per heavy atom. The number of halogens is 1. The SMILES string of the molecule is CCOC(=O)c1nnn(CCF)c1-c1ccc(N)cc1. The van der Waals surface area contributed by atoms with Crippen LogP contribution in [0.3, 0.4) is 0 Å². The molecule has 0 radical (unpaired) electrons. The van der Waals surface area contributed by atoms with E-state index in [4.69, 9.17) is 10.5 Å². The lowest BCUT2D eigenvalue weighted by molar-refractivity contribution is 0.0520. The quantitative estimate of drug-likeness (QED) is 0.664. The van der Waals surface area contributed by atoms with E-state index >= 15 is 0 Å². The summed E-state index contributed by atoms with van der Waals surface area (Å²) >= 11 is 0. The topological polar surface area (TPSA) is 83.0 Å². The largest absolute Gasteiger partial charge is 0.461 e. The summed E-state index contributed by atoms with van der Waals surface area (Å²) in [5.41, 5.74) is 7.41. The Morgan fingerprint density at radius 3 is 2.70 bits per heavy atom. The summed E-state index contributed by atoms with van der Waals surface area (Å²) in [6, 6.07) is 6.84. The first-order chi connectivity index (χ1) is 9.67. The van der Waals surface area contributed by atoms with Gasteiger partial charge in [0.1, 0.15) is 12.4 Å². The minimum atomic E-state index is -0.604. The number of aryl methyl sites for hydroxylation is 1. The Balaban J connectivity index is 2.49. The molecule has 0 bridgehead atoms. The van der Waals surface area contributed by atoms with Crippen molar-refractivity contribution < 1.29 is 13.9 Å². The van der Waals surface area contributed by atoms with Gasteiger partial charge in [0.05, 0.1) is 13.2 Å². The second-order valence-electron chi connectivity index (χ2n) is 4.04. The standard InChI is InChI=1S/C13H15FN4O2/c1-2-20-13(19)11-12(18(8-7-14)17-16-11)9-3-5-10(15)6-4-9/h3-6H,2,7-8,15H2,1H3. The fourth-order valence-electron chi connectivity index (χ4n) is 1.81. The first-order valence-corrected chi connectivity index (χ1v) is 6.19. The molecule has 0 fully saturated rings. The first-order valence-electron chi connectivity index (χ1n) is 6.19. The van der Waals surface area contributed by atoms with Crippen molar-refractivity contribution >= 4 is 11.7 Å². The second kappa shape index (κ2) is 6.14. The lowest BCUT2D eigenvalue weighted by atomic mass is 10.1. The summed E-state index contributed by atoms with van der Waals surface area (Å²) in [7, 11) is 0. The molecule has 0 amide bonds. The molecule has 0 unspecified atom stereocenters. The minimum absolute atomic E-state index is 0.0200. The lowest BCUT2D eigenvalue weighted by Crippen LogP contribution is -2.09. The Kier molecular flexibility index (Phi) is 4.29.